The van der Waals surface area contributed by atoms with Crippen molar-refractivity contribution in [2.45, 2.75) is 58.0 Å². The van der Waals surface area contributed by atoms with Crippen molar-refractivity contribution in [2.24, 2.45) is 23.3 Å². The highest BCUT2D eigenvalue weighted by atomic mass is 35.5. The third-order valence-electron chi connectivity index (χ3n) is 8.94. The molecule has 0 unspecified atom stereocenters. The molecule has 45 heavy (non-hydrogen) atoms. The third-order valence-corrected chi connectivity index (χ3v) is 8.94. The van der Waals surface area contributed by atoms with Crippen molar-refractivity contribution in [1.29, 1.82) is 0 Å². The number of halogens is 1. The fourth-order valence-corrected chi connectivity index (χ4v) is 6.27. The molecule has 0 aliphatic heterocycles. The molecule has 6 rings (SSSR count). The van der Waals surface area contributed by atoms with Crippen molar-refractivity contribution < 1.29 is 9.59 Å². The summed E-state index contributed by atoms with van der Waals surface area (Å²) in [6.45, 7) is 4.54. The van der Waals surface area contributed by atoms with E-state index in [2.05, 4.69) is 15.3 Å². The van der Waals surface area contributed by atoms with E-state index in [0.29, 0.717) is 36.4 Å². The molecule has 2 amide bonds. The standard InChI is InChI=1S/C34H39N7O3.ClH/c1-20(2)41-33(43)28-14-12-25(16-31(28)39-41)23-7-3-21(4-8-23)15-29(36)34(44)40(27-13-11-26-19-37-38-30(26)17-27)32(42)24-9-5-22(18-35)6-10-24;/h3-4,7-8,11-14,16-17,19-20,22,24,29,39H,5-6,9-10,15,18,35-36H2,1-2H3,(H,37,38);1H/t22-,24-,29-;/m0./s1. The Balaban J connectivity index is 0.00000400. The van der Waals surface area contributed by atoms with Gasteiger partial charge in [-0.3, -0.25) is 24.6 Å². The second-order valence-electron chi connectivity index (χ2n) is 12.3. The summed E-state index contributed by atoms with van der Waals surface area (Å²) in [6.07, 6.45) is 5.14. The topological polar surface area (TPSA) is 156 Å². The van der Waals surface area contributed by atoms with Gasteiger partial charge in [0.05, 0.1) is 34.3 Å². The molecule has 3 aromatic carbocycles. The van der Waals surface area contributed by atoms with E-state index in [1.54, 1.807) is 23.0 Å². The Morgan fingerprint density at radius 2 is 1.69 bits per heavy atom. The summed E-state index contributed by atoms with van der Waals surface area (Å²) in [5.41, 5.74) is 17.2. The molecule has 0 radical (unpaired) electrons. The van der Waals surface area contributed by atoms with Gasteiger partial charge in [-0.2, -0.15) is 5.10 Å². The van der Waals surface area contributed by atoms with E-state index >= 15 is 0 Å². The quantitative estimate of drug-likeness (QED) is 0.188. The van der Waals surface area contributed by atoms with E-state index < -0.39 is 11.9 Å². The Kier molecular flexibility index (Phi) is 9.57. The van der Waals surface area contributed by atoms with E-state index in [4.69, 9.17) is 11.5 Å². The Hall–Kier alpha value is -4.25. The lowest BCUT2D eigenvalue weighted by atomic mass is 9.81. The minimum atomic E-state index is -0.917. The van der Waals surface area contributed by atoms with E-state index in [9.17, 15) is 14.4 Å². The van der Waals surface area contributed by atoms with Crippen LogP contribution in [-0.2, 0) is 16.0 Å². The maximum atomic E-state index is 13.9. The molecule has 236 valence electrons. The molecule has 2 heterocycles. The first-order valence-electron chi connectivity index (χ1n) is 15.3. The predicted octanol–water partition coefficient (Wildman–Crippen LogP) is 5.07. The number of carbonyl (C=O) groups excluding carboxylic acids is 2. The van der Waals surface area contributed by atoms with Crippen LogP contribution in [0.3, 0.4) is 0 Å². The minimum absolute atomic E-state index is 0. The number of fused-ring (bicyclic) bond motifs is 2. The smallest absolute Gasteiger partial charge is 0.274 e. The van der Waals surface area contributed by atoms with Gasteiger partial charge < -0.3 is 11.5 Å². The zero-order valence-corrected chi connectivity index (χ0v) is 26.3. The highest BCUT2D eigenvalue weighted by molar-refractivity contribution is 6.17. The lowest BCUT2D eigenvalue weighted by Gasteiger charge is -2.32. The lowest BCUT2D eigenvalue weighted by Crippen LogP contribution is -2.50. The molecule has 0 bridgehead atoms. The predicted molar refractivity (Wildman–Crippen MR) is 180 cm³/mol. The van der Waals surface area contributed by atoms with Crippen LogP contribution in [0.15, 0.2) is 71.7 Å². The number of amides is 2. The number of nitrogens with two attached hydrogens (primary N) is 2. The number of benzene rings is 3. The number of carbonyl (C=O) groups is 2. The number of aromatic nitrogens is 4. The first kappa shape index (κ1) is 32.2. The fourth-order valence-electron chi connectivity index (χ4n) is 6.27. The van der Waals surface area contributed by atoms with Crippen LogP contribution in [0.5, 0.6) is 0 Å². The van der Waals surface area contributed by atoms with E-state index in [-0.39, 0.29) is 42.3 Å². The average molecular weight is 630 g/mol. The molecule has 2 aromatic heterocycles. The number of nitrogens with zero attached hydrogens (tertiary/aromatic N) is 3. The fraction of sp³-hybridized carbons (Fsp3) is 0.353. The van der Waals surface area contributed by atoms with Crippen LogP contribution in [0.1, 0.15) is 51.1 Å². The third kappa shape index (κ3) is 6.45. The number of imide groups is 1. The number of anilines is 1. The van der Waals surface area contributed by atoms with Crippen LogP contribution in [0, 0.1) is 11.8 Å². The molecule has 1 aliphatic rings. The summed E-state index contributed by atoms with van der Waals surface area (Å²) in [5, 5.41) is 11.8. The summed E-state index contributed by atoms with van der Waals surface area (Å²) in [5.74, 6) is -0.478. The van der Waals surface area contributed by atoms with Gasteiger partial charge in [0.25, 0.3) is 11.5 Å². The van der Waals surface area contributed by atoms with Crippen molar-refractivity contribution in [3.8, 4) is 11.1 Å². The van der Waals surface area contributed by atoms with Crippen molar-refractivity contribution >= 4 is 51.7 Å². The van der Waals surface area contributed by atoms with Gasteiger partial charge in [-0.05, 0) is 105 Å². The first-order valence-corrected chi connectivity index (χ1v) is 15.3. The Bertz CT molecular complexity index is 1870. The van der Waals surface area contributed by atoms with E-state index in [1.807, 2.05) is 62.4 Å². The van der Waals surface area contributed by atoms with Crippen LogP contribution in [0.2, 0.25) is 0 Å². The number of hydrogen-bond donors (Lipinski definition) is 4. The second-order valence-corrected chi connectivity index (χ2v) is 12.3. The second kappa shape index (κ2) is 13.4. The summed E-state index contributed by atoms with van der Waals surface area (Å²) < 4.78 is 1.63. The number of rotatable bonds is 8. The molecule has 1 aliphatic carbocycles. The molecular weight excluding hydrogens is 590 g/mol. The summed E-state index contributed by atoms with van der Waals surface area (Å²) in [7, 11) is 0. The minimum Gasteiger partial charge on any atom is -0.330 e. The Morgan fingerprint density at radius 3 is 2.38 bits per heavy atom. The van der Waals surface area contributed by atoms with Crippen molar-refractivity contribution in [3.05, 3.63) is 82.8 Å². The number of H-pyrrole nitrogens is 2. The molecule has 1 fully saturated rings. The van der Waals surface area contributed by atoms with E-state index in [1.165, 1.54) is 4.90 Å². The Labute approximate surface area is 267 Å². The van der Waals surface area contributed by atoms with Gasteiger partial charge in [0, 0.05) is 17.3 Å². The lowest BCUT2D eigenvalue weighted by molar-refractivity contribution is -0.130. The number of nitrogens with one attached hydrogen (secondary N) is 2. The molecule has 0 saturated heterocycles. The van der Waals surface area contributed by atoms with Crippen LogP contribution >= 0.6 is 12.4 Å². The molecule has 5 aromatic rings. The van der Waals surface area contributed by atoms with Crippen LogP contribution in [0.4, 0.5) is 5.69 Å². The summed E-state index contributed by atoms with van der Waals surface area (Å²) >= 11 is 0. The van der Waals surface area contributed by atoms with Gasteiger partial charge in [-0.15, -0.1) is 12.4 Å². The highest BCUT2D eigenvalue weighted by Gasteiger charge is 2.35. The molecule has 0 spiro atoms. The summed E-state index contributed by atoms with van der Waals surface area (Å²) in [6, 6.07) is 18.2. The zero-order valence-electron chi connectivity index (χ0n) is 25.5. The maximum absolute atomic E-state index is 13.9. The van der Waals surface area contributed by atoms with Gasteiger partial charge in [-0.1, -0.05) is 30.3 Å². The number of aromatic amines is 2. The van der Waals surface area contributed by atoms with Crippen LogP contribution in [0.25, 0.3) is 32.9 Å². The SMILES string of the molecule is CC(C)n1[nH]c2cc(-c3ccc(C[C@H](N)C(=O)N(c4ccc5cn[nH]c5c4)C(=O)[C@H]4CC[C@H](CN)CC4)cc3)ccc2c1=O.Cl. The molecule has 1 atom stereocenters. The molecule has 6 N–H and O–H groups in total. The molecule has 10 nitrogen and oxygen atoms in total. The first-order chi connectivity index (χ1) is 21.2. The van der Waals surface area contributed by atoms with Gasteiger partial charge >= 0.3 is 0 Å². The van der Waals surface area contributed by atoms with Crippen molar-refractivity contribution in [2.75, 3.05) is 11.4 Å². The maximum Gasteiger partial charge on any atom is 0.274 e. The monoisotopic (exact) mass is 629 g/mol. The van der Waals surface area contributed by atoms with E-state index in [0.717, 1.165) is 46.0 Å². The van der Waals surface area contributed by atoms with Gasteiger partial charge in [0.1, 0.15) is 0 Å². The Morgan fingerprint density at radius 1 is 0.978 bits per heavy atom. The highest BCUT2D eigenvalue weighted by Crippen LogP contribution is 2.32. The molecule has 1 saturated carbocycles. The molecular formula is C34H40ClN7O3. The van der Waals surface area contributed by atoms with Gasteiger partial charge in [0.15, 0.2) is 0 Å². The average Bonchev–Trinajstić information content (AvgIpc) is 3.65. The largest absolute Gasteiger partial charge is 0.330 e. The van der Waals surface area contributed by atoms with Crippen LogP contribution < -0.4 is 21.9 Å². The van der Waals surface area contributed by atoms with Gasteiger partial charge in [0.2, 0.25) is 5.91 Å². The molecule has 11 heteroatoms. The number of hydrogen-bond acceptors (Lipinski definition) is 6. The van der Waals surface area contributed by atoms with Crippen LogP contribution in [-0.4, -0.2) is 44.4 Å². The van der Waals surface area contributed by atoms with Gasteiger partial charge in [-0.25, -0.2) is 9.58 Å². The van der Waals surface area contributed by atoms with Crippen molar-refractivity contribution in [1.82, 2.24) is 20.0 Å². The van der Waals surface area contributed by atoms with Crippen molar-refractivity contribution in [3.63, 3.8) is 0 Å². The zero-order chi connectivity index (χ0) is 31.0. The summed E-state index contributed by atoms with van der Waals surface area (Å²) in [4.78, 5) is 41.7. The normalized spacial score (nSPS) is 17.4.